The van der Waals surface area contributed by atoms with Gasteiger partial charge in [-0.3, -0.25) is 0 Å². The predicted octanol–water partition coefficient (Wildman–Crippen LogP) is 3.43. The van der Waals surface area contributed by atoms with Crippen LogP contribution in [0.2, 0.25) is 0 Å². The van der Waals surface area contributed by atoms with Crippen LogP contribution >= 0.6 is 0 Å². The fourth-order valence-corrected chi connectivity index (χ4v) is 3.65. The van der Waals surface area contributed by atoms with Crippen molar-refractivity contribution in [1.82, 2.24) is 5.32 Å². The van der Waals surface area contributed by atoms with Crippen molar-refractivity contribution in [2.45, 2.75) is 56.7 Å². The van der Waals surface area contributed by atoms with Gasteiger partial charge in [0.1, 0.15) is 0 Å². The Labute approximate surface area is 129 Å². The van der Waals surface area contributed by atoms with Gasteiger partial charge < -0.3 is 5.32 Å². The van der Waals surface area contributed by atoms with Gasteiger partial charge in [-0.25, -0.2) is 8.42 Å². The zero-order chi connectivity index (χ0) is 15.7. The van der Waals surface area contributed by atoms with E-state index in [2.05, 4.69) is 23.5 Å². The third-order valence-corrected chi connectivity index (χ3v) is 7.06. The Kier molecular flexibility index (Phi) is 4.79. The van der Waals surface area contributed by atoms with Gasteiger partial charge in [-0.2, -0.15) is 0 Å². The van der Waals surface area contributed by atoms with Crippen LogP contribution in [0.4, 0.5) is 0 Å². The van der Waals surface area contributed by atoms with Gasteiger partial charge in [0, 0.05) is 6.26 Å². The van der Waals surface area contributed by atoms with E-state index >= 15 is 0 Å². The van der Waals surface area contributed by atoms with Crippen molar-refractivity contribution in [3.05, 3.63) is 35.4 Å². The normalized spacial score (nSPS) is 18.3. The Morgan fingerprint density at radius 1 is 1.29 bits per heavy atom. The Bertz CT molecular complexity index is 589. The van der Waals surface area contributed by atoms with E-state index in [0.29, 0.717) is 5.92 Å². The molecule has 1 aromatic rings. The van der Waals surface area contributed by atoms with Crippen molar-refractivity contribution in [2.24, 2.45) is 0 Å². The van der Waals surface area contributed by atoms with E-state index in [0.717, 1.165) is 12.1 Å². The van der Waals surface area contributed by atoms with Crippen LogP contribution < -0.4 is 5.32 Å². The number of hydrogen-bond donors (Lipinski definition) is 1. The van der Waals surface area contributed by atoms with Crippen LogP contribution in [0.15, 0.2) is 24.3 Å². The minimum atomic E-state index is -3.17. The molecule has 0 spiro atoms. The molecule has 1 aliphatic rings. The monoisotopic (exact) mass is 309 g/mol. The summed E-state index contributed by atoms with van der Waals surface area (Å²) in [5.41, 5.74) is 2.48. The van der Waals surface area contributed by atoms with Gasteiger partial charge in [-0.05, 0) is 50.3 Å². The Morgan fingerprint density at radius 3 is 2.38 bits per heavy atom. The maximum atomic E-state index is 12.3. The quantitative estimate of drug-likeness (QED) is 0.875. The molecule has 1 unspecified atom stereocenters. The Morgan fingerprint density at radius 2 is 1.90 bits per heavy atom. The average molecular weight is 309 g/mol. The molecule has 4 heteroatoms. The fraction of sp³-hybridized carbons (Fsp3) is 0.647. The first-order valence-corrected chi connectivity index (χ1v) is 9.70. The number of nitrogens with one attached hydrogen (secondary N) is 1. The average Bonchev–Trinajstić information content (AvgIpc) is 2.33. The van der Waals surface area contributed by atoms with Gasteiger partial charge in [-0.15, -0.1) is 0 Å². The summed E-state index contributed by atoms with van der Waals surface area (Å²) in [5, 5.41) is 3.41. The van der Waals surface area contributed by atoms with Crippen LogP contribution in [0, 0.1) is 0 Å². The molecule has 1 fully saturated rings. The van der Waals surface area contributed by atoms with Crippen LogP contribution in [-0.4, -0.2) is 26.0 Å². The molecule has 1 aliphatic carbocycles. The number of sulfone groups is 1. The second-order valence-electron chi connectivity index (χ2n) is 6.62. The number of rotatable bonds is 6. The molecule has 3 nitrogen and oxygen atoms in total. The third kappa shape index (κ3) is 3.16. The molecule has 0 saturated heterocycles. The lowest BCUT2D eigenvalue weighted by Crippen LogP contribution is -2.45. The van der Waals surface area contributed by atoms with Crippen molar-refractivity contribution in [3.8, 4) is 0 Å². The minimum Gasteiger partial charge on any atom is -0.309 e. The smallest absolute Gasteiger partial charge is 0.154 e. The first-order chi connectivity index (χ1) is 9.79. The van der Waals surface area contributed by atoms with Crippen LogP contribution in [0.25, 0.3) is 0 Å². The summed E-state index contributed by atoms with van der Waals surface area (Å²) in [6, 6.07) is 8.16. The summed E-state index contributed by atoms with van der Waals surface area (Å²) in [6.07, 6.45) is 5.05. The standard InChI is InChI=1S/C17H27NO2S/c1-5-18-16(17(2,3)21(4,19)20)15-12-7-6-11-14(15)13-9-8-10-13/h6-7,11-13,16,18H,5,8-10H2,1-4H3. The molecular weight excluding hydrogens is 282 g/mol. The molecule has 0 heterocycles. The second kappa shape index (κ2) is 6.09. The van der Waals surface area contributed by atoms with Crippen LogP contribution in [0.3, 0.4) is 0 Å². The van der Waals surface area contributed by atoms with E-state index in [1.807, 2.05) is 26.8 Å². The molecule has 0 bridgehead atoms. The third-order valence-electron chi connectivity index (χ3n) is 4.91. The summed E-state index contributed by atoms with van der Waals surface area (Å²) in [4.78, 5) is 0. The molecule has 1 atom stereocenters. The zero-order valence-corrected chi connectivity index (χ0v) is 14.3. The molecular formula is C17H27NO2S. The van der Waals surface area contributed by atoms with Gasteiger partial charge in [0.2, 0.25) is 0 Å². The Balaban J connectivity index is 2.48. The van der Waals surface area contributed by atoms with Crippen LogP contribution in [-0.2, 0) is 9.84 Å². The lowest BCUT2D eigenvalue weighted by molar-refractivity contribution is 0.394. The number of benzene rings is 1. The van der Waals surface area contributed by atoms with Gasteiger partial charge in [0.05, 0.1) is 10.8 Å². The molecule has 0 radical (unpaired) electrons. The summed E-state index contributed by atoms with van der Waals surface area (Å²) >= 11 is 0. The predicted molar refractivity (Wildman–Crippen MR) is 88.4 cm³/mol. The molecule has 1 aromatic carbocycles. The highest BCUT2D eigenvalue weighted by Crippen LogP contribution is 2.42. The van der Waals surface area contributed by atoms with E-state index in [9.17, 15) is 8.42 Å². The largest absolute Gasteiger partial charge is 0.309 e. The summed E-state index contributed by atoms with van der Waals surface area (Å²) in [5.74, 6) is 0.595. The zero-order valence-electron chi connectivity index (χ0n) is 13.5. The molecule has 118 valence electrons. The highest BCUT2D eigenvalue weighted by molar-refractivity contribution is 7.92. The van der Waals surface area contributed by atoms with Crippen molar-refractivity contribution in [2.75, 3.05) is 12.8 Å². The molecule has 1 N–H and O–H groups in total. The maximum absolute atomic E-state index is 12.3. The highest BCUT2D eigenvalue weighted by Gasteiger charge is 2.41. The summed E-state index contributed by atoms with van der Waals surface area (Å²) < 4.78 is 23.7. The Hall–Kier alpha value is -0.870. The molecule has 2 rings (SSSR count). The van der Waals surface area contributed by atoms with Gasteiger partial charge in [-0.1, -0.05) is 37.6 Å². The van der Waals surface area contributed by atoms with Crippen molar-refractivity contribution in [1.29, 1.82) is 0 Å². The second-order valence-corrected chi connectivity index (χ2v) is 9.22. The van der Waals surface area contributed by atoms with Gasteiger partial charge in [0.15, 0.2) is 9.84 Å². The molecule has 0 aliphatic heterocycles. The van der Waals surface area contributed by atoms with E-state index < -0.39 is 14.6 Å². The van der Waals surface area contributed by atoms with Crippen LogP contribution in [0.1, 0.15) is 63.1 Å². The van der Waals surface area contributed by atoms with Gasteiger partial charge >= 0.3 is 0 Å². The first-order valence-electron chi connectivity index (χ1n) is 7.80. The summed E-state index contributed by atoms with van der Waals surface area (Å²) in [7, 11) is -3.17. The maximum Gasteiger partial charge on any atom is 0.154 e. The molecule has 21 heavy (non-hydrogen) atoms. The fourth-order valence-electron chi connectivity index (χ4n) is 3.01. The van der Waals surface area contributed by atoms with Crippen molar-refractivity contribution >= 4 is 9.84 Å². The summed E-state index contributed by atoms with van der Waals surface area (Å²) in [6.45, 7) is 6.43. The van der Waals surface area contributed by atoms with Gasteiger partial charge in [0.25, 0.3) is 0 Å². The van der Waals surface area contributed by atoms with Crippen LogP contribution in [0.5, 0.6) is 0 Å². The molecule has 0 aromatic heterocycles. The van der Waals surface area contributed by atoms with E-state index in [1.165, 1.54) is 31.1 Å². The first kappa shape index (κ1) is 16.5. The van der Waals surface area contributed by atoms with E-state index in [4.69, 9.17) is 0 Å². The minimum absolute atomic E-state index is 0.172. The lowest BCUT2D eigenvalue weighted by atomic mass is 9.76. The highest BCUT2D eigenvalue weighted by atomic mass is 32.2. The number of hydrogen-bond acceptors (Lipinski definition) is 3. The van der Waals surface area contributed by atoms with E-state index in [1.54, 1.807) is 0 Å². The van der Waals surface area contributed by atoms with E-state index in [-0.39, 0.29) is 6.04 Å². The SMILES string of the molecule is CCNC(c1ccccc1C1CCC1)C(C)(C)S(C)(=O)=O. The molecule has 1 saturated carbocycles. The topological polar surface area (TPSA) is 46.2 Å². The van der Waals surface area contributed by atoms with Crippen molar-refractivity contribution < 1.29 is 8.42 Å². The molecule has 0 amide bonds. The van der Waals surface area contributed by atoms with Crippen molar-refractivity contribution in [3.63, 3.8) is 0 Å². The lowest BCUT2D eigenvalue weighted by Gasteiger charge is -2.37.